The van der Waals surface area contributed by atoms with Crippen molar-refractivity contribution in [2.24, 2.45) is 0 Å². The van der Waals surface area contributed by atoms with E-state index in [0.717, 1.165) is 22.0 Å². The molecule has 0 fully saturated rings. The normalized spacial score (nSPS) is 11.8. The Morgan fingerprint density at radius 2 is 1.80 bits per heavy atom. The van der Waals surface area contributed by atoms with Crippen molar-refractivity contribution < 1.29 is 19.1 Å². The zero-order chi connectivity index (χ0) is 21.3. The quantitative estimate of drug-likeness (QED) is 0.487. The van der Waals surface area contributed by atoms with Crippen LogP contribution in [0.15, 0.2) is 72.9 Å². The molecule has 2 N–H and O–H groups in total. The zero-order valence-corrected chi connectivity index (χ0v) is 16.4. The van der Waals surface area contributed by atoms with E-state index in [2.05, 4.69) is 15.6 Å². The Balaban J connectivity index is 1.50. The highest BCUT2D eigenvalue weighted by atomic mass is 16.5. The fourth-order valence-electron chi connectivity index (χ4n) is 2.72. The summed E-state index contributed by atoms with van der Waals surface area (Å²) >= 11 is 0. The number of fused-ring (bicyclic) bond motifs is 1. The first kappa shape index (κ1) is 20.7. The third-order valence-electron chi connectivity index (χ3n) is 4.26. The first-order valence-electron chi connectivity index (χ1n) is 9.38. The topological polar surface area (TPSA) is 97.4 Å². The van der Waals surface area contributed by atoms with Crippen molar-refractivity contribution in [3.05, 3.63) is 84.1 Å². The number of rotatable bonds is 6. The van der Waals surface area contributed by atoms with Crippen LogP contribution in [-0.4, -0.2) is 29.0 Å². The SMILES string of the molecule is CC(OC(=O)/C=C/c1cccc2cccnc12)C(=O)NC(=O)NCc1ccccc1. The highest BCUT2D eigenvalue weighted by molar-refractivity contribution is 5.98. The van der Waals surface area contributed by atoms with Crippen LogP contribution in [0.1, 0.15) is 18.1 Å². The fraction of sp³-hybridized carbons (Fsp3) is 0.130. The number of hydrogen-bond donors (Lipinski definition) is 2. The Morgan fingerprint density at radius 1 is 1.03 bits per heavy atom. The molecular weight excluding hydrogens is 382 g/mol. The number of ether oxygens (including phenoxy) is 1. The molecule has 0 bridgehead atoms. The monoisotopic (exact) mass is 403 g/mol. The van der Waals surface area contributed by atoms with Crippen LogP contribution < -0.4 is 10.6 Å². The van der Waals surface area contributed by atoms with Crippen LogP contribution >= 0.6 is 0 Å². The molecule has 1 atom stereocenters. The van der Waals surface area contributed by atoms with Gasteiger partial charge in [-0.3, -0.25) is 15.1 Å². The second-order valence-electron chi connectivity index (χ2n) is 6.49. The molecule has 152 valence electrons. The van der Waals surface area contributed by atoms with Gasteiger partial charge in [-0.05, 0) is 24.6 Å². The maximum Gasteiger partial charge on any atom is 0.331 e. The van der Waals surface area contributed by atoms with E-state index in [-0.39, 0.29) is 6.54 Å². The Morgan fingerprint density at radius 3 is 2.60 bits per heavy atom. The number of esters is 1. The molecular formula is C23H21N3O4. The van der Waals surface area contributed by atoms with Gasteiger partial charge in [0.1, 0.15) is 0 Å². The number of hydrogen-bond acceptors (Lipinski definition) is 5. The molecule has 0 aliphatic rings. The van der Waals surface area contributed by atoms with E-state index in [0.29, 0.717) is 0 Å². The summed E-state index contributed by atoms with van der Waals surface area (Å²) in [6, 6.07) is 18.0. The molecule has 0 aliphatic carbocycles. The summed E-state index contributed by atoms with van der Waals surface area (Å²) in [6.07, 6.45) is 3.35. The molecule has 0 spiro atoms. The van der Waals surface area contributed by atoms with Crippen LogP contribution in [0.3, 0.4) is 0 Å². The van der Waals surface area contributed by atoms with Crippen LogP contribution in [0, 0.1) is 0 Å². The summed E-state index contributed by atoms with van der Waals surface area (Å²) in [4.78, 5) is 40.3. The number of benzene rings is 2. The largest absolute Gasteiger partial charge is 0.449 e. The van der Waals surface area contributed by atoms with Crippen LogP contribution in [0.25, 0.3) is 17.0 Å². The van der Waals surface area contributed by atoms with Gasteiger partial charge in [-0.15, -0.1) is 0 Å². The Hall–Kier alpha value is -4.00. The molecule has 0 aliphatic heterocycles. The van der Waals surface area contributed by atoms with Crippen LogP contribution in [0.4, 0.5) is 4.79 Å². The predicted molar refractivity (Wildman–Crippen MR) is 113 cm³/mol. The number of aromatic nitrogens is 1. The minimum Gasteiger partial charge on any atom is -0.449 e. The van der Waals surface area contributed by atoms with E-state index >= 15 is 0 Å². The lowest BCUT2D eigenvalue weighted by atomic mass is 10.1. The highest BCUT2D eigenvalue weighted by Crippen LogP contribution is 2.17. The molecule has 30 heavy (non-hydrogen) atoms. The van der Waals surface area contributed by atoms with Gasteiger partial charge in [0.05, 0.1) is 5.52 Å². The molecule has 0 saturated heterocycles. The Bertz CT molecular complexity index is 1070. The molecule has 0 radical (unpaired) electrons. The number of nitrogens with zero attached hydrogens (tertiary/aromatic N) is 1. The molecule has 0 saturated carbocycles. The lowest BCUT2D eigenvalue weighted by Crippen LogP contribution is -2.44. The molecule has 7 heteroatoms. The van der Waals surface area contributed by atoms with Crippen molar-refractivity contribution in [1.82, 2.24) is 15.6 Å². The Labute approximate surface area is 173 Å². The van der Waals surface area contributed by atoms with E-state index in [1.807, 2.05) is 60.7 Å². The minimum absolute atomic E-state index is 0.274. The number of carbonyl (C=O) groups is 3. The molecule has 1 aromatic heterocycles. The summed E-state index contributed by atoms with van der Waals surface area (Å²) in [5.74, 6) is -1.41. The number of carbonyl (C=O) groups excluding carboxylic acids is 3. The van der Waals surface area contributed by atoms with Gasteiger partial charge in [0.25, 0.3) is 5.91 Å². The van der Waals surface area contributed by atoms with Gasteiger partial charge < -0.3 is 10.1 Å². The highest BCUT2D eigenvalue weighted by Gasteiger charge is 2.18. The third-order valence-corrected chi connectivity index (χ3v) is 4.26. The van der Waals surface area contributed by atoms with Crippen molar-refractivity contribution in [3.63, 3.8) is 0 Å². The molecule has 3 amide bonds. The number of para-hydroxylation sites is 1. The summed E-state index contributed by atoms with van der Waals surface area (Å²) in [5.41, 5.74) is 2.40. The molecule has 7 nitrogen and oxygen atoms in total. The maximum atomic E-state index is 12.1. The molecule has 2 aromatic carbocycles. The van der Waals surface area contributed by atoms with E-state index in [1.54, 1.807) is 12.3 Å². The van der Waals surface area contributed by atoms with Gasteiger partial charge in [0.2, 0.25) is 0 Å². The van der Waals surface area contributed by atoms with E-state index in [4.69, 9.17) is 4.74 Å². The second-order valence-corrected chi connectivity index (χ2v) is 6.49. The zero-order valence-electron chi connectivity index (χ0n) is 16.4. The van der Waals surface area contributed by atoms with Gasteiger partial charge in [0, 0.05) is 29.8 Å². The van der Waals surface area contributed by atoms with Gasteiger partial charge in [-0.2, -0.15) is 0 Å². The number of pyridine rings is 1. The van der Waals surface area contributed by atoms with Crippen molar-refractivity contribution >= 4 is 34.9 Å². The molecule has 3 aromatic rings. The van der Waals surface area contributed by atoms with Crippen LogP contribution in [-0.2, 0) is 20.9 Å². The lowest BCUT2D eigenvalue weighted by Gasteiger charge is -2.12. The van der Waals surface area contributed by atoms with Crippen LogP contribution in [0.5, 0.6) is 0 Å². The van der Waals surface area contributed by atoms with Crippen molar-refractivity contribution in [3.8, 4) is 0 Å². The van der Waals surface area contributed by atoms with Gasteiger partial charge in [0.15, 0.2) is 6.10 Å². The molecule has 1 heterocycles. The number of nitrogens with one attached hydrogen (secondary N) is 2. The summed E-state index contributed by atoms with van der Waals surface area (Å²) in [7, 11) is 0. The van der Waals surface area contributed by atoms with Crippen molar-refractivity contribution in [1.29, 1.82) is 0 Å². The second kappa shape index (κ2) is 9.97. The van der Waals surface area contributed by atoms with Crippen molar-refractivity contribution in [2.75, 3.05) is 0 Å². The first-order valence-corrected chi connectivity index (χ1v) is 9.38. The first-order chi connectivity index (χ1) is 14.5. The maximum absolute atomic E-state index is 12.1. The predicted octanol–water partition coefficient (Wildman–Crippen LogP) is 3.21. The number of amides is 3. The molecule has 1 unspecified atom stereocenters. The fourth-order valence-corrected chi connectivity index (χ4v) is 2.72. The third kappa shape index (κ3) is 5.75. The average molecular weight is 403 g/mol. The standard InChI is InChI=1S/C23H21N3O4/c1-16(22(28)26-23(29)25-15-17-7-3-2-4-8-17)30-20(27)13-12-19-10-5-9-18-11-6-14-24-21(18)19/h2-14,16H,15H2,1H3,(H2,25,26,28,29)/b13-12+. The van der Waals surface area contributed by atoms with Gasteiger partial charge in [-0.25, -0.2) is 9.59 Å². The lowest BCUT2D eigenvalue weighted by molar-refractivity contribution is -0.149. The summed E-state index contributed by atoms with van der Waals surface area (Å²) in [5, 5.41) is 5.67. The summed E-state index contributed by atoms with van der Waals surface area (Å²) < 4.78 is 5.07. The van der Waals surface area contributed by atoms with E-state index in [1.165, 1.54) is 13.0 Å². The van der Waals surface area contributed by atoms with Gasteiger partial charge in [-0.1, -0.05) is 54.6 Å². The summed E-state index contributed by atoms with van der Waals surface area (Å²) in [6.45, 7) is 1.67. The number of imide groups is 1. The smallest absolute Gasteiger partial charge is 0.331 e. The molecule has 3 rings (SSSR count). The van der Waals surface area contributed by atoms with Crippen molar-refractivity contribution in [2.45, 2.75) is 19.6 Å². The van der Waals surface area contributed by atoms with Crippen LogP contribution in [0.2, 0.25) is 0 Å². The average Bonchev–Trinajstić information content (AvgIpc) is 2.77. The van der Waals surface area contributed by atoms with E-state index < -0.39 is 24.0 Å². The van der Waals surface area contributed by atoms with E-state index in [9.17, 15) is 14.4 Å². The number of urea groups is 1. The minimum atomic E-state index is -1.13. The van der Waals surface area contributed by atoms with Gasteiger partial charge >= 0.3 is 12.0 Å². The Kier molecular flexibility index (Phi) is 6.89.